The van der Waals surface area contributed by atoms with Gasteiger partial charge in [-0.05, 0) is 33.0 Å². The Morgan fingerprint density at radius 1 is 1.44 bits per heavy atom. The van der Waals surface area contributed by atoms with Gasteiger partial charge in [-0.1, -0.05) is 12.8 Å². The molecule has 5 heteroatoms. The van der Waals surface area contributed by atoms with Gasteiger partial charge in [-0.25, -0.2) is 0 Å². The lowest BCUT2D eigenvalue weighted by Gasteiger charge is -2.36. The quantitative estimate of drug-likeness (QED) is 0.873. The highest BCUT2D eigenvalue weighted by Crippen LogP contribution is 2.33. The molecule has 1 N–H and O–H groups in total. The first-order valence-electron chi connectivity index (χ1n) is 6.31. The van der Waals surface area contributed by atoms with Crippen LogP contribution in [-0.4, -0.2) is 41.3 Å². The molecule has 0 radical (unpaired) electrons. The van der Waals surface area contributed by atoms with E-state index >= 15 is 0 Å². The molecule has 1 heterocycles. The van der Waals surface area contributed by atoms with Crippen molar-refractivity contribution in [3.05, 3.63) is 17.8 Å². The Bertz CT molecular complexity index is 443. The lowest BCUT2D eigenvalue weighted by Crippen LogP contribution is -2.47. The molecule has 2 rings (SSSR count). The van der Waals surface area contributed by atoms with Crippen molar-refractivity contribution in [3.8, 4) is 6.07 Å². The minimum absolute atomic E-state index is 0.185. The van der Waals surface area contributed by atoms with E-state index in [1.165, 1.54) is 25.7 Å². The lowest BCUT2D eigenvalue weighted by atomic mass is 9.96. The van der Waals surface area contributed by atoms with Gasteiger partial charge >= 0.3 is 0 Å². The van der Waals surface area contributed by atoms with Gasteiger partial charge in [0.1, 0.15) is 6.07 Å². The van der Waals surface area contributed by atoms with E-state index in [-0.39, 0.29) is 5.54 Å². The number of hydrogen-bond donors (Lipinski definition) is 1. The average molecular weight is 245 g/mol. The fourth-order valence-electron chi connectivity index (χ4n) is 2.62. The smallest absolute Gasteiger partial charge is 0.166 e. The Morgan fingerprint density at radius 3 is 2.78 bits per heavy atom. The van der Waals surface area contributed by atoms with Crippen LogP contribution in [0.3, 0.4) is 0 Å². The number of anilines is 1. The van der Waals surface area contributed by atoms with Crippen LogP contribution in [0.2, 0.25) is 0 Å². The van der Waals surface area contributed by atoms with E-state index in [0.29, 0.717) is 11.4 Å². The SMILES string of the molecule is CN(C)C1(CNc2nnccc2C#N)CCCC1. The Kier molecular flexibility index (Phi) is 3.78. The molecule has 0 atom stereocenters. The van der Waals surface area contributed by atoms with Crippen molar-refractivity contribution in [3.63, 3.8) is 0 Å². The molecule has 0 unspecified atom stereocenters. The fourth-order valence-corrected chi connectivity index (χ4v) is 2.62. The largest absolute Gasteiger partial charge is 0.366 e. The van der Waals surface area contributed by atoms with Crippen LogP contribution in [0.1, 0.15) is 31.2 Å². The molecule has 1 aliphatic carbocycles. The zero-order chi connectivity index (χ0) is 13.0. The van der Waals surface area contributed by atoms with Crippen molar-refractivity contribution >= 4 is 5.82 Å². The van der Waals surface area contributed by atoms with E-state index < -0.39 is 0 Å². The Hall–Kier alpha value is -1.67. The molecule has 0 bridgehead atoms. The first-order chi connectivity index (χ1) is 8.68. The Balaban J connectivity index is 2.09. The van der Waals surface area contributed by atoms with E-state index in [0.717, 1.165) is 6.54 Å². The summed E-state index contributed by atoms with van der Waals surface area (Å²) in [5.41, 5.74) is 0.737. The summed E-state index contributed by atoms with van der Waals surface area (Å²) in [4.78, 5) is 2.29. The second-order valence-electron chi connectivity index (χ2n) is 5.08. The van der Waals surface area contributed by atoms with Gasteiger partial charge in [0.15, 0.2) is 5.82 Å². The number of hydrogen-bond acceptors (Lipinski definition) is 5. The second kappa shape index (κ2) is 5.32. The van der Waals surface area contributed by atoms with Crippen LogP contribution < -0.4 is 5.32 Å². The van der Waals surface area contributed by atoms with Crippen molar-refractivity contribution in [2.24, 2.45) is 0 Å². The zero-order valence-corrected chi connectivity index (χ0v) is 11.0. The van der Waals surface area contributed by atoms with Gasteiger partial charge in [0.05, 0.1) is 11.8 Å². The molecule has 1 fully saturated rings. The topological polar surface area (TPSA) is 64.8 Å². The van der Waals surface area contributed by atoms with Gasteiger partial charge in [0.25, 0.3) is 0 Å². The highest BCUT2D eigenvalue weighted by Gasteiger charge is 2.35. The molecule has 96 valence electrons. The Morgan fingerprint density at radius 2 is 2.17 bits per heavy atom. The maximum atomic E-state index is 9.02. The van der Waals surface area contributed by atoms with E-state index in [2.05, 4.69) is 40.6 Å². The third kappa shape index (κ3) is 2.44. The molecular weight excluding hydrogens is 226 g/mol. The summed E-state index contributed by atoms with van der Waals surface area (Å²) in [5, 5.41) is 20.1. The lowest BCUT2D eigenvalue weighted by molar-refractivity contribution is 0.172. The number of aromatic nitrogens is 2. The molecule has 0 aliphatic heterocycles. The fraction of sp³-hybridized carbons (Fsp3) is 0.615. The van der Waals surface area contributed by atoms with Gasteiger partial charge in [0.2, 0.25) is 0 Å². The van der Waals surface area contributed by atoms with E-state index in [1.807, 2.05) is 0 Å². The number of nitrogens with one attached hydrogen (secondary N) is 1. The van der Waals surface area contributed by atoms with Gasteiger partial charge in [-0.2, -0.15) is 10.4 Å². The minimum atomic E-state index is 0.185. The zero-order valence-electron chi connectivity index (χ0n) is 11.0. The summed E-state index contributed by atoms with van der Waals surface area (Å²) in [6, 6.07) is 3.82. The van der Waals surface area contributed by atoms with Crippen LogP contribution in [0.15, 0.2) is 12.3 Å². The van der Waals surface area contributed by atoms with E-state index in [9.17, 15) is 0 Å². The maximum Gasteiger partial charge on any atom is 0.166 e. The molecule has 1 aliphatic rings. The van der Waals surface area contributed by atoms with Crippen LogP contribution in [0.4, 0.5) is 5.82 Å². The normalized spacial score (nSPS) is 17.7. The third-order valence-corrected chi connectivity index (χ3v) is 3.91. The Labute approximate surface area is 108 Å². The molecular formula is C13H19N5. The predicted octanol–water partition coefficient (Wildman–Crippen LogP) is 1.63. The average Bonchev–Trinajstić information content (AvgIpc) is 2.87. The van der Waals surface area contributed by atoms with Crippen LogP contribution in [0.5, 0.6) is 0 Å². The maximum absolute atomic E-state index is 9.02. The van der Waals surface area contributed by atoms with Gasteiger partial charge < -0.3 is 10.2 Å². The number of nitrogens with zero attached hydrogens (tertiary/aromatic N) is 4. The number of rotatable bonds is 4. The molecule has 1 aromatic heterocycles. The molecule has 5 nitrogen and oxygen atoms in total. The van der Waals surface area contributed by atoms with Crippen molar-refractivity contribution in [2.75, 3.05) is 26.0 Å². The third-order valence-electron chi connectivity index (χ3n) is 3.91. The van der Waals surface area contributed by atoms with Gasteiger partial charge in [-0.3, -0.25) is 0 Å². The van der Waals surface area contributed by atoms with Crippen molar-refractivity contribution < 1.29 is 0 Å². The monoisotopic (exact) mass is 245 g/mol. The standard InChI is InChI=1S/C13H19N5/c1-18(2)13(6-3-4-7-13)10-15-12-11(9-14)5-8-16-17-12/h5,8H,3-4,6-7,10H2,1-2H3,(H,15,17). The number of nitriles is 1. The highest BCUT2D eigenvalue weighted by molar-refractivity contribution is 5.50. The first kappa shape index (κ1) is 12.8. The van der Waals surface area contributed by atoms with Crippen molar-refractivity contribution in [1.29, 1.82) is 5.26 Å². The van der Waals surface area contributed by atoms with Crippen molar-refractivity contribution in [2.45, 2.75) is 31.2 Å². The summed E-state index contributed by atoms with van der Waals surface area (Å²) >= 11 is 0. The predicted molar refractivity (Wildman–Crippen MR) is 70.1 cm³/mol. The molecule has 0 amide bonds. The minimum Gasteiger partial charge on any atom is -0.366 e. The summed E-state index contributed by atoms with van der Waals surface area (Å²) < 4.78 is 0. The summed E-state index contributed by atoms with van der Waals surface area (Å²) in [5.74, 6) is 0.591. The summed E-state index contributed by atoms with van der Waals surface area (Å²) in [7, 11) is 4.24. The van der Waals surface area contributed by atoms with Crippen LogP contribution in [-0.2, 0) is 0 Å². The second-order valence-corrected chi connectivity index (χ2v) is 5.08. The molecule has 1 saturated carbocycles. The molecule has 0 saturated heterocycles. The number of likely N-dealkylation sites (N-methyl/N-ethyl adjacent to an activating group) is 1. The molecule has 18 heavy (non-hydrogen) atoms. The highest BCUT2D eigenvalue weighted by atomic mass is 15.2. The first-order valence-corrected chi connectivity index (χ1v) is 6.31. The van der Waals surface area contributed by atoms with Gasteiger partial charge in [-0.15, -0.1) is 5.10 Å². The molecule has 0 aromatic carbocycles. The van der Waals surface area contributed by atoms with E-state index in [4.69, 9.17) is 5.26 Å². The van der Waals surface area contributed by atoms with E-state index in [1.54, 1.807) is 12.3 Å². The molecule has 1 aromatic rings. The van der Waals surface area contributed by atoms with Crippen molar-refractivity contribution in [1.82, 2.24) is 15.1 Å². The van der Waals surface area contributed by atoms with Crippen LogP contribution in [0, 0.1) is 11.3 Å². The van der Waals surface area contributed by atoms with Crippen LogP contribution >= 0.6 is 0 Å². The summed E-state index contributed by atoms with van der Waals surface area (Å²) in [6.07, 6.45) is 6.46. The summed E-state index contributed by atoms with van der Waals surface area (Å²) in [6.45, 7) is 0.813. The van der Waals surface area contributed by atoms with Gasteiger partial charge in [0, 0.05) is 12.1 Å². The molecule has 0 spiro atoms. The van der Waals surface area contributed by atoms with Crippen LogP contribution in [0.25, 0.3) is 0 Å².